The van der Waals surface area contributed by atoms with E-state index in [-0.39, 0.29) is 11.3 Å². The summed E-state index contributed by atoms with van der Waals surface area (Å²) in [7, 11) is 1.63. The molecule has 1 N–H and O–H groups in total. The molecule has 2 aromatic heterocycles. The molecule has 0 unspecified atom stereocenters. The number of rotatable bonds is 9. The van der Waals surface area contributed by atoms with E-state index in [1.165, 1.54) is 10.3 Å². The third kappa shape index (κ3) is 6.87. The van der Waals surface area contributed by atoms with E-state index in [0.29, 0.717) is 41.9 Å². The topological polar surface area (TPSA) is 73.1 Å². The number of carbonyl (C=O) groups excluding carboxylic acids is 1. The predicted molar refractivity (Wildman–Crippen MR) is 185 cm³/mol. The molecular weight excluding hydrogens is 648 g/mol. The molecule has 8 heteroatoms. The highest BCUT2D eigenvalue weighted by Gasteiger charge is 2.33. The number of nitrogens with one attached hydrogen (secondary N) is 1. The number of fused-ring (bicyclic) bond motifs is 2. The van der Waals surface area contributed by atoms with E-state index in [1.807, 2.05) is 42.5 Å². The van der Waals surface area contributed by atoms with Gasteiger partial charge < -0.3 is 19.2 Å². The molecule has 2 heterocycles. The fourth-order valence-electron chi connectivity index (χ4n) is 5.96. The lowest BCUT2D eigenvalue weighted by Crippen LogP contribution is -2.28. The van der Waals surface area contributed by atoms with E-state index in [2.05, 4.69) is 66.3 Å². The maximum Gasteiger partial charge on any atom is 0.255 e. The van der Waals surface area contributed by atoms with E-state index < -0.39 is 0 Å². The summed E-state index contributed by atoms with van der Waals surface area (Å²) >= 11 is 5.33. The average molecular weight is 686 g/mol. The van der Waals surface area contributed by atoms with Gasteiger partial charge in [-0.15, -0.1) is 11.3 Å². The summed E-state index contributed by atoms with van der Waals surface area (Å²) in [5.41, 5.74) is 3.93. The Bertz CT molecular complexity index is 1850. The zero-order valence-corrected chi connectivity index (χ0v) is 28.4. The Balaban J connectivity index is 1.27. The number of halogens is 1. The first-order valence-corrected chi connectivity index (χ1v) is 16.8. The number of carbonyl (C=O) groups is 1. The smallest absolute Gasteiger partial charge is 0.255 e. The summed E-state index contributed by atoms with van der Waals surface area (Å²) in [4.78, 5) is 19.7. The van der Waals surface area contributed by atoms with Crippen LogP contribution in [0.3, 0.4) is 0 Å². The molecule has 232 valence electrons. The number of hydrogen-bond acceptors (Lipinski definition) is 6. The lowest BCUT2D eigenvalue weighted by molar-refractivity contribution is 0.0947. The van der Waals surface area contributed by atoms with Gasteiger partial charge in [-0.1, -0.05) is 63.2 Å². The van der Waals surface area contributed by atoms with Crippen molar-refractivity contribution in [3.8, 4) is 11.5 Å². The van der Waals surface area contributed by atoms with Crippen molar-refractivity contribution in [2.45, 2.75) is 53.2 Å². The first-order chi connectivity index (χ1) is 21.7. The van der Waals surface area contributed by atoms with Gasteiger partial charge in [0, 0.05) is 11.1 Å². The molecule has 0 radical (unpaired) electrons. The third-order valence-corrected chi connectivity index (χ3v) is 10.3. The molecule has 0 bridgehead atoms. The fourth-order valence-corrected chi connectivity index (χ4v) is 7.80. The summed E-state index contributed by atoms with van der Waals surface area (Å²) in [6.45, 7) is 7.62. The van der Waals surface area contributed by atoms with Crippen molar-refractivity contribution in [2.24, 2.45) is 16.3 Å². The summed E-state index contributed by atoms with van der Waals surface area (Å²) in [6.07, 6.45) is 6.29. The van der Waals surface area contributed by atoms with Crippen molar-refractivity contribution in [1.82, 2.24) is 5.32 Å². The van der Waals surface area contributed by atoms with Gasteiger partial charge in [-0.2, -0.15) is 0 Å². The molecule has 0 saturated carbocycles. The van der Waals surface area contributed by atoms with Gasteiger partial charge in [-0.3, -0.25) is 4.79 Å². The van der Waals surface area contributed by atoms with Crippen LogP contribution in [0.2, 0.25) is 0 Å². The molecule has 5 aromatic rings. The van der Waals surface area contributed by atoms with Gasteiger partial charge in [-0.25, -0.2) is 4.99 Å². The maximum atomic E-state index is 13.6. The average Bonchev–Trinajstić information content (AvgIpc) is 3.69. The van der Waals surface area contributed by atoms with E-state index in [9.17, 15) is 4.79 Å². The fraction of sp³-hybridized carbons (Fsp3) is 0.297. The molecule has 1 amide bonds. The molecule has 0 fully saturated rings. The standard InChI is InChI=1S/C37H37BrN2O4S/c1-37(2,3)26-14-15-29-32(19-26)45-36(33(29)35(41)39-21-27-12-8-16-43-27)40-20-23-17-30(38)34(31(18-23)42-4)44-22-25-11-7-10-24-9-5-6-13-28(24)25/h5-13,16-18,20,26H,14-15,19,21-22H2,1-4H3,(H,39,41)/t26-/m1/s1. The highest BCUT2D eigenvalue weighted by Crippen LogP contribution is 2.45. The lowest BCUT2D eigenvalue weighted by Gasteiger charge is -2.33. The zero-order chi connectivity index (χ0) is 31.6. The molecule has 0 saturated heterocycles. The Morgan fingerprint density at radius 2 is 1.96 bits per heavy atom. The van der Waals surface area contributed by atoms with Crippen LogP contribution in [0.15, 0.2) is 86.9 Å². The van der Waals surface area contributed by atoms with Crippen molar-refractivity contribution in [3.63, 3.8) is 0 Å². The highest BCUT2D eigenvalue weighted by atomic mass is 79.9. The third-order valence-electron chi connectivity index (χ3n) is 8.54. The first kappa shape index (κ1) is 31.1. The molecule has 0 aliphatic heterocycles. The Hall–Kier alpha value is -3.88. The number of methoxy groups -OCH3 is 1. The van der Waals surface area contributed by atoms with E-state index in [4.69, 9.17) is 18.9 Å². The van der Waals surface area contributed by atoms with Crippen molar-refractivity contribution in [3.05, 3.63) is 110 Å². The summed E-state index contributed by atoms with van der Waals surface area (Å²) in [5, 5.41) is 6.11. The molecule has 6 nitrogen and oxygen atoms in total. The summed E-state index contributed by atoms with van der Waals surface area (Å²) < 4.78 is 18.2. The lowest BCUT2D eigenvalue weighted by atomic mass is 9.72. The van der Waals surface area contributed by atoms with E-state index in [0.717, 1.165) is 50.8 Å². The molecule has 1 aliphatic carbocycles. The van der Waals surface area contributed by atoms with Crippen molar-refractivity contribution in [2.75, 3.05) is 7.11 Å². The van der Waals surface area contributed by atoms with Crippen LogP contribution in [0.25, 0.3) is 10.8 Å². The number of furan rings is 1. The highest BCUT2D eigenvalue weighted by molar-refractivity contribution is 9.10. The van der Waals surface area contributed by atoms with Crippen LogP contribution in [0.4, 0.5) is 5.00 Å². The van der Waals surface area contributed by atoms with Crippen molar-refractivity contribution < 1.29 is 18.7 Å². The van der Waals surface area contributed by atoms with Gasteiger partial charge in [0.15, 0.2) is 11.5 Å². The van der Waals surface area contributed by atoms with Crippen LogP contribution >= 0.6 is 27.3 Å². The molecule has 1 atom stereocenters. The Morgan fingerprint density at radius 1 is 1.13 bits per heavy atom. The van der Waals surface area contributed by atoms with E-state index >= 15 is 0 Å². The second-order valence-corrected chi connectivity index (χ2v) is 14.4. The van der Waals surface area contributed by atoms with Crippen LogP contribution < -0.4 is 14.8 Å². The SMILES string of the molecule is COc1cc(C=Nc2sc3c(c2C(=O)NCc2ccco2)CC[C@@H](C(C)(C)C)C3)cc(Br)c1OCc1cccc2ccccc12. The second kappa shape index (κ2) is 13.2. The second-order valence-electron chi connectivity index (χ2n) is 12.5. The number of hydrogen-bond donors (Lipinski definition) is 1. The van der Waals surface area contributed by atoms with Gasteiger partial charge in [0.05, 0.1) is 30.0 Å². The van der Waals surface area contributed by atoms with Gasteiger partial charge in [-0.05, 0) is 98.3 Å². The molecule has 1 aliphatic rings. The number of benzene rings is 3. The minimum Gasteiger partial charge on any atom is -0.493 e. The molecule has 6 rings (SSSR count). The molecular formula is C37H37BrN2O4S. The Labute approximate surface area is 276 Å². The predicted octanol–water partition coefficient (Wildman–Crippen LogP) is 9.68. The van der Waals surface area contributed by atoms with Crippen LogP contribution in [0.1, 0.15) is 64.9 Å². The quantitative estimate of drug-likeness (QED) is 0.157. The zero-order valence-electron chi connectivity index (χ0n) is 26.0. The van der Waals surface area contributed by atoms with Crippen LogP contribution in [0, 0.1) is 11.3 Å². The van der Waals surface area contributed by atoms with Crippen LogP contribution in [-0.2, 0) is 26.0 Å². The Morgan fingerprint density at radius 3 is 2.73 bits per heavy atom. The number of amides is 1. The van der Waals surface area contributed by atoms with Gasteiger partial charge >= 0.3 is 0 Å². The van der Waals surface area contributed by atoms with Gasteiger partial charge in [0.1, 0.15) is 17.4 Å². The molecule has 3 aromatic carbocycles. The molecule has 45 heavy (non-hydrogen) atoms. The largest absolute Gasteiger partial charge is 0.493 e. The first-order valence-electron chi connectivity index (χ1n) is 15.2. The van der Waals surface area contributed by atoms with Crippen LogP contribution in [-0.4, -0.2) is 19.2 Å². The van der Waals surface area contributed by atoms with Crippen molar-refractivity contribution in [1.29, 1.82) is 0 Å². The normalized spacial score (nSPS) is 14.9. The minimum atomic E-state index is -0.124. The number of ether oxygens (including phenoxy) is 2. The number of aliphatic imine (C=N–C) groups is 1. The summed E-state index contributed by atoms with van der Waals surface area (Å²) in [5.74, 6) is 2.37. The maximum absolute atomic E-state index is 13.6. The van der Waals surface area contributed by atoms with E-state index in [1.54, 1.807) is 30.9 Å². The minimum absolute atomic E-state index is 0.124. The number of nitrogens with zero attached hydrogens (tertiary/aromatic N) is 1. The van der Waals surface area contributed by atoms with Gasteiger partial charge in [0.2, 0.25) is 0 Å². The number of thiophene rings is 1. The van der Waals surface area contributed by atoms with Gasteiger partial charge in [0.25, 0.3) is 5.91 Å². The summed E-state index contributed by atoms with van der Waals surface area (Å²) in [6, 6.07) is 22.1. The van der Waals surface area contributed by atoms with Crippen LogP contribution in [0.5, 0.6) is 11.5 Å². The van der Waals surface area contributed by atoms with Crippen molar-refractivity contribution >= 4 is 55.2 Å². The molecule has 0 spiro atoms. The Kier molecular flexibility index (Phi) is 9.15. The monoisotopic (exact) mass is 684 g/mol.